The third-order valence-corrected chi connectivity index (χ3v) is 3.28. The van der Waals surface area contributed by atoms with E-state index in [0.29, 0.717) is 22.5 Å². The number of hydrogen-bond acceptors (Lipinski definition) is 2. The molecule has 1 aromatic carbocycles. The number of nitrogens with one attached hydrogen (secondary N) is 1. The molecule has 0 spiro atoms. The summed E-state index contributed by atoms with van der Waals surface area (Å²) in [5.74, 6) is 0.300. The van der Waals surface area contributed by atoms with Crippen LogP contribution in [0.5, 0.6) is 0 Å². The molecule has 1 atom stereocenters. The van der Waals surface area contributed by atoms with Crippen LogP contribution < -0.4 is 5.32 Å². The molecule has 0 saturated carbocycles. The van der Waals surface area contributed by atoms with Gasteiger partial charge in [0.05, 0.1) is 16.7 Å². The van der Waals surface area contributed by atoms with Crippen LogP contribution in [0, 0.1) is 0 Å². The molecule has 0 aliphatic rings. The highest BCUT2D eigenvalue weighted by Gasteiger charge is 2.11. The summed E-state index contributed by atoms with van der Waals surface area (Å²) in [7, 11) is 0. The fourth-order valence-electron chi connectivity index (χ4n) is 1.66. The molecule has 1 rings (SSSR count). The molecule has 94 valence electrons. The second-order valence-electron chi connectivity index (χ2n) is 3.82. The predicted molar refractivity (Wildman–Crippen MR) is 74.0 cm³/mol. The fraction of sp³-hybridized carbons (Fsp3) is 0.385. The quantitative estimate of drug-likeness (QED) is 0.591. The summed E-state index contributed by atoms with van der Waals surface area (Å²) in [6.07, 6.45) is 2.74. The van der Waals surface area contributed by atoms with Gasteiger partial charge < -0.3 is 10.4 Å². The lowest BCUT2D eigenvalue weighted by Crippen LogP contribution is -2.24. The number of halogens is 2. The Morgan fingerprint density at radius 3 is 2.71 bits per heavy atom. The second kappa shape index (κ2) is 7.72. The fourth-order valence-corrected chi connectivity index (χ4v) is 1.97. The molecule has 2 nitrogen and oxygen atoms in total. The van der Waals surface area contributed by atoms with E-state index in [1.165, 1.54) is 0 Å². The number of allylic oxidation sites excluding steroid dienone is 1. The Balaban J connectivity index is 2.73. The van der Waals surface area contributed by atoms with E-state index in [0.717, 1.165) is 18.5 Å². The number of aliphatic hydroxyl groups is 1. The first-order chi connectivity index (χ1) is 8.19. The highest BCUT2D eigenvalue weighted by molar-refractivity contribution is 6.42. The molecule has 0 unspecified atom stereocenters. The van der Waals surface area contributed by atoms with Gasteiger partial charge in [-0.05, 0) is 30.0 Å². The minimum Gasteiger partial charge on any atom is -0.395 e. The van der Waals surface area contributed by atoms with Crippen LogP contribution in [0.1, 0.15) is 17.9 Å². The molecule has 0 aliphatic heterocycles. The van der Waals surface area contributed by atoms with Gasteiger partial charge in [-0.3, -0.25) is 0 Å². The maximum absolute atomic E-state index is 8.74. The van der Waals surface area contributed by atoms with E-state index in [1.54, 1.807) is 6.07 Å². The maximum Gasteiger partial charge on any atom is 0.0595 e. The van der Waals surface area contributed by atoms with Gasteiger partial charge in [-0.1, -0.05) is 35.3 Å². The van der Waals surface area contributed by atoms with E-state index < -0.39 is 0 Å². The van der Waals surface area contributed by atoms with Crippen molar-refractivity contribution in [2.45, 2.75) is 12.3 Å². The van der Waals surface area contributed by atoms with E-state index in [2.05, 4.69) is 11.9 Å². The molecule has 0 radical (unpaired) electrons. The lowest BCUT2D eigenvalue weighted by atomic mass is 9.95. The molecule has 0 amide bonds. The van der Waals surface area contributed by atoms with Crippen LogP contribution in [0.4, 0.5) is 0 Å². The molecule has 1 aromatic rings. The highest BCUT2D eigenvalue weighted by Crippen LogP contribution is 2.27. The van der Waals surface area contributed by atoms with Crippen LogP contribution in [0.2, 0.25) is 10.0 Å². The smallest absolute Gasteiger partial charge is 0.0595 e. The number of aliphatic hydroxyl groups excluding tert-OH is 1. The van der Waals surface area contributed by atoms with Crippen molar-refractivity contribution in [1.82, 2.24) is 5.32 Å². The number of hydrogen-bond donors (Lipinski definition) is 2. The Bertz CT molecular complexity index is 368. The monoisotopic (exact) mass is 273 g/mol. The molecule has 0 aliphatic carbocycles. The van der Waals surface area contributed by atoms with Crippen molar-refractivity contribution in [2.75, 3.05) is 19.7 Å². The molecular formula is C13H17Cl2NO. The van der Waals surface area contributed by atoms with Crippen LogP contribution in [0.3, 0.4) is 0 Å². The van der Waals surface area contributed by atoms with Crippen LogP contribution in [-0.4, -0.2) is 24.8 Å². The van der Waals surface area contributed by atoms with Gasteiger partial charge in [-0.2, -0.15) is 0 Å². The lowest BCUT2D eigenvalue weighted by Gasteiger charge is -2.16. The van der Waals surface area contributed by atoms with Crippen LogP contribution >= 0.6 is 23.2 Å². The van der Waals surface area contributed by atoms with Crippen molar-refractivity contribution in [1.29, 1.82) is 0 Å². The number of benzene rings is 1. The maximum atomic E-state index is 8.74. The molecule has 4 heteroatoms. The van der Waals surface area contributed by atoms with E-state index >= 15 is 0 Å². The topological polar surface area (TPSA) is 32.3 Å². The number of rotatable bonds is 7. The van der Waals surface area contributed by atoms with Crippen molar-refractivity contribution in [3.63, 3.8) is 0 Å². The van der Waals surface area contributed by atoms with Gasteiger partial charge in [0.25, 0.3) is 0 Å². The first-order valence-electron chi connectivity index (χ1n) is 5.56. The molecule has 17 heavy (non-hydrogen) atoms. The average Bonchev–Trinajstić information content (AvgIpc) is 2.32. The Kier molecular flexibility index (Phi) is 6.60. The summed E-state index contributed by atoms with van der Waals surface area (Å²) >= 11 is 11.9. The largest absolute Gasteiger partial charge is 0.395 e. The summed E-state index contributed by atoms with van der Waals surface area (Å²) in [6, 6.07) is 5.67. The van der Waals surface area contributed by atoms with E-state index in [9.17, 15) is 0 Å². The molecule has 0 saturated heterocycles. The van der Waals surface area contributed by atoms with Crippen LogP contribution in [0.15, 0.2) is 30.9 Å². The van der Waals surface area contributed by atoms with Gasteiger partial charge in [-0.15, -0.1) is 6.58 Å². The normalized spacial score (nSPS) is 12.4. The zero-order valence-corrected chi connectivity index (χ0v) is 11.1. The average molecular weight is 274 g/mol. The summed E-state index contributed by atoms with van der Waals surface area (Å²) in [4.78, 5) is 0. The predicted octanol–water partition coefficient (Wildman–Crippen LogP) is 3.24. The first kappa shape index (κ1) is 14.5. The van der Waals surface area contributed by atoms with Crippen molar-refractivity contribution >= 4 is 23.2 Å². The standard InChI is InChI=1S/C13H17Cl2NO/c1-2-3-11(9-16-6-7-17)10-4-5-12(14)13(15)8-10/h2,4-5,8,11,16-17H,1,3,6-7,9H2/t11-/m1/s1. The van der Waals surface area contributed by atoms with E-state index in [4.69, 9.17) is 28.3 Å². The van der Waals surface area contributed by atoms with Gasteiger partial charge in [0.15, 0.2) is 0 Å². The van der Waals surface area contributed by atoms with Gasteiger partial charge in [0.1, 0.15) is 0 Å². The Morgan fingerprint density at radius 2 is 2.12 bits per heavy atom. The Morgan fingerprint density at radius 1 is 1.35 bits per heavy atom. The minimum absolute atomic E-state index is 0.141. The summed E-state index contributed by atoms with van der Waals surface area (Å²) in [6.45, 7) is 5.27. The van der Waals surface area contributed by atoms with E-state index in [-0.39, 0.29) is 6.61 Å². The van der Waals surface area contributed by atoms with Crippen LogP contribution in [0.25, 0.3) is 0 Å². The highest BCUT2D eigenvalue weighted by atomic mass is 35.5. The second-order valence-corrected chi connectivity index (χ2v) is 4.64. The zero-order chi connectivity index (χ0) is 12.7. The van der Waals surface area contributed by atoms with Crippen molar-refractivity contribution < 1.29 is 5.11 Å². The summed E-state index contributed by atoms with van der Waals surface area (Å²) in [5.41, 5.74) is 1.13. The van der Waals surface area contributed by atoms with Gasteiger partial charge in [0, 0.05) is 13.1 Å². The molecule has 0 bridgehead atoms. The first-order valence-corrected chi connectivity index (χ1v) is 6.32. The lowest BCUT2D eigenvalue weighted by molar-refractivity contribution is 0.291. The van der Waals surface area contributed by atoms with Crippen molar-refractivity contribution in [3.8, 4) is 0 Å². The van der Waals surface area contributed by atoms with Crippen molar-refractivity contribution in [2.24, 2.45) is 0 Å². The van der Waals surface area contributed by atoms with E-state index in [1.807, 2.05) is 18.2 Å². The van der Waals surface area contributed by atoms with Gasteiger partial charge in [-0.25, -0.2) is 0 Å². The zero-order valence-electron chi connectivity index (χ0n) is 9.63. The molecular weight excluding hydrogens is 257 g/mol. The minimum atomic E-state index is 0.141. The van der Waals surface area contributed by atoms with Crippen molar-refractivity contribution in [3.05, 3.63) is 46.5 Å². The Hall–Kier alpha value is -0.540. The third kappa shape index (κ3) is 4.68. The summed E-state index contributed by atoms with van der Waals surface area (Å²) in [5, 5.41) is 13.1. The molecule has 2 N–H and O–H groups in total. The molecule has 0 fully saturated rings. The third-order valence-electron chi connectivity index (χ3n) is 2.55. The molecule has 0 aromatic heterocycles. The SMILES string of the molecule is C=CC[C@H](CNCCO)c1ccc(Cl)c(Cl)c1. The van der Waals surface area contributed by atoms with Gasteiger partial charge >= 0.3 is 0 Å². The molecule has 0 heterocycles. The Labute approximate surface area is 112 Å². The van der Waals surface area contributed by atoms with Crippen LogP contribution in [-0.2, 0) is 0 Å². The summed E-state index contributed by atoms with van der Waals surface area (Å²) < 4.78 is 0. The van der Waals surface area contributed by atoms with Gasteiger partial charge in [0.2, 0.25) is 0 Å².